The van der Waals surface area contributed by atoms with Crippen molar-refractivity contribution in [1.82, 2.24) is 0 Å². The molecule has 0 unspecified atom stereocenters. The van der Waals surface area contributed by atoms with Crippen LogP contribution in [0.4, 0.5) is 11.4 Å². The van der Waals surface area contributed by atoms with E-state index in [1.165, 1.54) is 19.2 Å². The van der Waals surface area contributed by atoms with Gasteiger partial charge in [-0.25, -0.2) is 4.79 Å². The van der Waals surface area contributed by atoms with Crippen molar-refractivity contribution in [2.75, 3.05) is 25.6 Å². The molecule has 3 rings (SSSR count). The largest absolute Gasteiger partial charge is 0.495 e. The minimum atomic E-state index is -1.00. The van der Waals surface area contributed by atoms with Crippen LogP contribution in [-0.2, 0) is 14.3 Å². The smallest absolute Gasteiger partial charge is 0.351 e. The van der Waals surface area contributed by atoms with E-state index in [0.717, 1.165) is 6.07 Å². The molecule has 0 bridgehead atoms. The van der Waals surface area contributed by atoms with E-state index in [4.69, 9.17) is 18.9 Å². The molecule has 1 N–H and O–H groups in total. The zero-order chi connectivity index (χ0) is 20.1. The number of hydrogen-bond acceptors (Lipinski definition) is 8. The number of fused-ring (bicyclic) bond motifs is 1. The first-order valence-corrected chi connectivity index (χ1v) is 8.15. The lowest BCUT2D eigenvalue weighted by molar-refractivity contribution is -0.384. The lowest BCUT2D eigenvalue weighted by Crippen LogP contribution is -2.39. The molecule has 1 aliphatic heterocycles. The molecule has 0 spiro atoms. The van der Waals surface area contributed by atoms with Gasteiger partial charge in [-0.2, -0.15) is 0 Å². The highest BCUT2D eigenvalue weighted by molar-refractivity contribution is 5.94. The van der Waals surface area contributed by atoms with Crippen LogP contribution in [0, 0.1) is 10.1 Å². The zero-order valence-corrected chi connectivity index (χ0v) is 14.7. The number of anilines is 1. The number of carbonyl (C=O) groups excluding carboxylic acids is 2. The van der Waals surface area contributed by atoms with Crippen molar-refractivity contribution in [1.29, 1.82) is 0 Å². The van der Waals surface area contributed by atoms with Gasteiger partial charge in [-0.05, 0) is 18.2 Å². The summed E-state index contributed by atoms with van der Waals surface area (Å²) in [7, 11) is 1.36. The minimum Gasteiger partial charge on any atom is -0.495 e. The van der Waals surface area contributed by atoms with Gasteiger partial charge in [0.1, 0.15) is 12.4 Å². The fourth-order valence-electron chi connectivity index (χ4n) is 2.46. The SMILES string of the molecule is COc1ccc([N+](=O)[O-])cc1NC(=O)COC(=O)[C@@H]1COc2ccccc2O1. The van der Waals surface area contributed by atoms with Crippen molar-refractivity contribution in [2.24, 2.45) is 0 Å². The third-order valence-corrected chi connectivity index (χ3v) is 3.78. The maximum atomic E-state index is 12.1. The summed E-state index contributed by atoms with van der Waals surface area (Å²) in [5, 5.41) is 13.3. The number of esters is 1. The summed E-state index contributed by atoms with van der Waals surface area (Å²) in [5.74, 6) is -0.311. The van der Waals surface area contributed by atoms with Crippen molar-refractivity contribution in [3.8, 4) is 17.2 Å². The predicted molar refractivity (Wildman–Crippen MR) is 95.6 cm³/mol. The van der Waals surface area contributed by atoms with Gasteiger partial charge in [0.15, 0.2) is 18.1 Å². The molecule has 146 valence electrons. The Morgan fingerprint density at radius 1 is 1.25 bits per heavy atom. The summed E-state index contributed by atoms with van der Waals surface area (Å²) >= 11 is 0. The van der Waals surface area contributed by atoms with E-state index in [-0.39, 0.29) is 23.7 Å². The van der Waals surface area contributed by atoms with Gasteiger partial charge in [0.2, 0.25) is 6.10 Å². The fourth-order valence-corrected chi connectivity index (χ4v) is 2.46. The van der Waals surface area contributed by atoms with Crippen LogP contribution < -0.4 is 19.5 Å². The number of rotatable bonds is 6. The van der Waals surface area contributed by atoms with Crippen molar-refractivity contribution in [3.63, 3.8) is 0 Å². The van der Waals surface area contributed by atoms with Crippen LogP contribution in [0.25, 0.3) is 0 Å². The number of amides is 1. The lowest BCUT2D eigenvalue weighted by atomic mass is 10.2. The predicted octanol–water partition coefficient (Wildman–Crippen LogP) is 1.93. The number of para-hydroxylation sites is 2. The molecule has 0 aromatic heterocycles. The number of benzene rings is 2. The van der Waals surface area contributed by atoms with Gasteiger partial charge in [-0.15, -0.1) is 0 Å². The van der Waals surface area contributed by atoms with E-state index in [1.54, 1.807) is 24.3 Å². The Morgan fingerprint density at radius 3 is 2.71 bits per heavy atom. The maximum absolute atomic E-state index is 12.1. The van der Waals surface area contributed by atoms with Gasteiger partial charge < -0.3 is 24.3 Å². The number of nitrogens with zero attached hydrogens (tertiary/aromatic N) is 1. The Bertz CT molecular complexity index is 914. The highest BCUT2D eigenvalue weighted by Crippen LogP contribution is 2.31. The molecule has 0 saturated carbocycles. The van der Waals surface area contributed by atoms with Gasteiger partial charge in [0, 0.05) is 12.1 Å². The first kappa shape index (κ1) is 19.0. The van der Waals surface area contributed by atoms with Gasteiger partial charge in [-0.1, -0.05) is 12.1 Å². The molecule has 1 amide bonds. The number of hydrogen-bond donors (Lipinski definition) is 1. The Labute approximate surface area is 159 Å². The molecule has 0 saturated heterocycles. The lowest BCUT2D eigenvalue weighted by Gasteiger charge is -2.24. The van der Waals surface area contributed by atoms with Crippen molar-refractivity contribution < 1.29 is 33.5 Å². The van der Waals surface area contributed by atoms with E-state index in [9.17, 15) is 19.7 Å². The summed E-state index contributed by atoms with van der Waals surface area (Å²) in [6.07, 6.45) is -1.00. The third kappa shape index (κ3) is 4.29. The molecule has 2 aromatic rings. The number of methoxy groups -OCH3 is 1. The summed E-state index contributed by atoms with van der Waals surface area (Å²) < 4.78 is 20.9. The second-order valence-electron chi connectivity index (χ2n) is 5.66. The number of nitro benzene ring substituents is 1. The molecule has 0 fully saturated rings. The van der Waals surface area contributed by atoms with Crippen LogP contribution in [0.2, 0.25) is 0 Å². The van der Waals surface area contributed by atoms with E-state index in [1.807, 2.05) is 0 Å². The molecule has 1 heterocycles. The number of nitrogens with one attached hydrogen (secondary N) is 1. The van der Waals surface area contributed by atoms with E-state index >= 15 is 0 Å². The Hall–Kier alpha value is -3.82. The maximum Gasteiger partial charge on any atom is 0.351 e. The van der Waals surface area contributed by atoms with Crippen LogP contribution in [-0.4, -0.2) is 43.2 Å². The van der Waals surface area contributed by atoms with E-state index in [2.05, 4.69) is 5.32 Å². The van der Waals surface area contributed by atoms with Crippen LogP contribution in [0.15, 0.2) is 42.5 Å². The Morgan fingerprint density at radius 2 is 2.00 bits per heavy atom. The van der Waals surface area contributed by atoms with Gasteiger partial charge in [-0.3, -0.25) is 14.9 Å². The topological polar surface area (TPSA) is 126 Å². The first-order chi connectivity index (χ1) is 13.5. The van der Waals surface area contributed by atoms with Gasteiger partial charge in [0.05, 0.1) is 17.7 Å². The minimum absolute atomic E-state index is 0.0455. The quantitative estimate of drug-likeness (QED) is 0.452. The zero-order valence-electron chi connectivity index (χ0n) is 14.7. The first-order valence-electron chi connectivity index (χ1n) is 8.15. The molecule has 28 heavy (non-hydrogen) atoms. The highest BCUT2D eigenvalue weighted by atomic mass is 16.6. The Balaban J connectivity index is 1.57. The summed E-state index contributed by atoms with van der Waals surface area (Å²) in [6.45, 7) is -0.650. The second-order valence-corrected chi connectivity index (χ2v) is 5.66. The van der Waals surface area contributed by atoms with E-state index in [0.29, 0.717) is 11.5 Å². The number of non-ortho nitro benzene ring substituents is 1. The van der Waals surface area contributed by atoms with Gasteiger partial charge >= 0.3 is 5.97 Å². The molecule has 10 nitrogen and oxygen atoms in total. The van der Waals surface area contributed by atoms with Crippen molar-refractivity contribution in [2.45, 2.75) is 6.10 Å². The van der Waals surface area contributed by atoms with Crippen molar-refractivity contribution in [3.05, 3.63) is 52.6 Å². The molecular formula is C18H16N2O8. The second kappa shape index (κ2) is 8.25. The third-order valence-electron chi connectivity index (χ3n) is 3.78. The standard InChI is InChI=1S/C18H16N2O8/c1-25-13-7-6-11(20(23)24)8-12(13)19-17(21)10-27-18(22)16-9-26-14-4-2-3-5-15(14)28-16/h2-8,16H,9-10H2,1H3,(H,19,21)/t16-/m0/s1. The summed E-state index contributed by atoms with van der Waals surface area (Å²) in [6, 6.07) is 10.6. The highest BCUT2D eigenvalue weighted by Gasteiger charge is 2.29. The van der Waals surface area contributed by atoms with Crippen molar-refractivity contribution >= 4 is 23.3 Å². The molecule has 1 aliphatic rings. The molecule has 0 aliphatic carbocycles. The molecule has 2 aromatic carbocycles. The van der Waals surface area contributed by atoms with Crippen LogP contribution >= 0.6 is 0 Å². The monoisotopic (exact) mass is 388 g/mol. The summed E-state index contributed by atoms with van der Waals surface area (Å²) in [5.41, 5.74) is -0.136. The molecule has 0 radical (unpaired) electrons. The summed E-state index contributed by atoms with van der Waals surface area (Å²) in [4.78, 5) is 34.4. The molecule has 1 atom stereocenters. The number of nitro groups is 1. The van der Waals surface area contributed by atoms with Crippen LogP contribution in [0.1, 0.15) is 0 Å². The molecular weight excluding hydrogens is 372 g/mol. The number of ether oxygens (including phenoxy) is 4. The molecule has 10 heteroatoms. The van der Waals surface area contributed by atoms with Gasteiger partial charge in [0.25, 0.3) is 11.6 Å². The normalized spacial score (nSPS) is 14.7. The average molecular weight is 388 g/mol. The fraction of sp³-hybridized carbons (Fsp3) is 0.222. The Kier molecular flexibility index (Phi) is 5.58. The van der Waals surface area contributed by atoms with E-state index < -0.39 is 29.5 Å². The van der Waals surface area contributed by atoms with Crippen LogP contribution in [0.3, 0.4) is 0 Å². The number of carbonyl (C=O) groups is 2. The average Bonchev–Trinajstić information content (AvgIpc) is 2.71. The van der Waals surface area contributed by atoms with Crippen LogP contribution in [0.5, 0.6) is 17.2 Å².